The Hall–Kier alpha value is -0.580. The molecule has 0 amide bonds. The van der Waals surface area contributed by atoms with Crippen LogP contribution in [0.1, 0.15) is 18.1 Å². The van der Waals surface area contributed by atoms with Gasteiger partial charge in [-0.05, 0) is 31.2 Å². The van der Waals surface area contributed by atoms with Gasteiger partial charge in [0.05, 0.1) is 13.2 Å². The third kappa shape index (κ3) is 2.70. The number of ether oxygens (including phenoxy) is 1. The number of halogens is 1. The van der Waals surface area contributed by atoms with Gasteiger partial charge < -0.3 is 15.6 Å². The van der Waals surface area contributed by atoms with Crippen molar-refractivity contribution in [2.24, 2.45) is 5.73 Å². The van der Waals surface area contributed by atoms with E-state index in [-0.39, 0.29) is 0 Å². The summed E-state index contributed by atoms with van der Waals surface area (Å²) in [6, 6.07) is 5.54. The fraction of sp³-hybridized carbons (Fsp3) is 0.400. The topological polar surface area (TPSA) is 55.5 Å². The summed E-state index contributed by atoms with van der Waals surface area (Å²) in [5.41, 5.74) is 6.15. The van der Waals surface area contributed by atoms with Crippen LogP contribution >= 0.6 is 15.9 Å². The summed E-state index contributed by atoms with van der Waals surface area (Å²) in [6.07, 6.45) is -0.0280. The Morgan fingerprint density at radius 2 is 2.29 bits per heavy atom. The molecule has 0 heterocycles. The smallest absolute Gasteiger partial charge is 0.124 e. The predicted octanol–water partition coefficient (Wildman–Crippen LogP) is 1.84. The molecule has 1 aromatic carbocycles. The van der Waals surface area contributed by atoms with E-state index in [2.05, 4.69) is 15.9 Å². The van der Waals surface area contributed by atoms with Gasteiger partial charge in [-0.1, -0.05) is 15.9 Å². The summed E-state index contributed by atoms with van der Waals surface area (Å²) in [7, 11) is 1.59. The second-order valence-corrected chi connectivity index (χ2v) is 3.90. The van der Waals surface area contributed by atoms with E-state index in [1.165, 1.54) is 0 Å². The minimum Gasteiger partial charge on any atom is -0.496 e. The van der Waals surface area contributed by atoms with Crippen molar-refractivity contribution in [1.82, 2.24) is 0 Å². The van der Waals surface area contributed by atoms with Gasteiger partial charge in [0.1, 0.15) is 5.75 Å². The zero-order valence-electron chi connectivity index (χ0n) is 8.03. The summed E-state index contributed by atoms with van der Waals surface area (Å²) < 4.78 is 6.07. The van der Waals surface area contributed by atoms with E-state index in [1.54, 1.807) is 7.11 Å². The average Bonchev–Trinajstić information content (AvgIpc) is 2.18. The molecule has 0 aliphatic heterocycles. The van der Waals surface area contributed by atoms with Gasteiger partial charge in [-0.15, -0.1) is 0 Å². The Kier molecular flexibility index (Phi) is 4.38. The lowest BCUT2D eigenvalue weighted by Gasteiger charge is -2.14. The molecule has 0 aliphatic rings. The van der Waals surface area contributed by atoms with Crippen molar-refractivity contribution < 1.29 is 9.84 Å². The first-order chi connectivity index (χ1) is 6.69. The number of aliphatic hydroxyl groups is 1. The molecular weight excluding hydrogens is 246 g/mol. The molecule has 0 radical (unpaired) electrons. The van der Waals surface area contributed by atoms with Crippen LogP contribution in [-0.4, -0.2) is 18.8 Å². The molecule has 0 bridgehead atoms. The molecule has 3 nitrogen and oxygen atoms in total. The Balaban J connectivity index is 2.97. The molecular formula is C10H14BrNO2. The SMILES string of the molecule is COc1ccc(Br)cc1[C@H](O)CCN. The summed E-state index contributed by atoms with van der Waals surface area (Å²) in [5.74, 6) is 0.689. The number of benzene rings is 1. The van der Waals surface area contributed by atoms with Crippen molar-refractivity contribution in [3.05, 3.63) is 28.2 Å². The van der Waals surface area contributed by atoms with Gasteiger partial charge in [0.15, 0.2) is 0 Å². The Morgan fingerprint density at radius 1 is 1.57 bits per heavy atom. The van der Waals surface area contributed by atoms with Gasteiger partial charge in [-0.3, -0.25) is 0 Å². The standard InChI is InChI=1S/C10H14BrNO2/c1-14-10-3-2-7(11)6-8(10)9(13)4-5-12/h2-3,6,9,13H,4-5,12H2,1H3/t9-/m1/s1. The van der Waals surface area contributed by atoms with E-state index >= 15 is 0 Å². The van der Waals surface area contributed by atoms with E-state index in [0.29, 0.717) is 18.7 Å². The van der Waals surface area contributed by atoms with Gasteiger partial charge in [0.25, 0.3) is 0 Å². The molecule has 4 heteroatoms. The van der Waals surface area contributed by atoms with Crippen LogP contribution in [0.15, 0.2) is 22.7 Å². The monoisotopic (exact) mass is 259 g/mol. The lowest BCUT2D eigenvalue weighted by molar-refractivity contribution is 0.166. The molecule has 0 saturated carbocycles. The molecule has 1 rings (SSSR count). The summed E-state index contributed by atoms with van der Waals surface area (Å²) >= 11 is 3.35. The summed E-state index contributed by atoms with van der Waals surface area (Å²) in [6.45, 7) is 0.455. The third-order valence-corrected chi connectivity index (χ3v) is 2.48. The maximum atomic E-state index is 9.78. The molecule has 0 saturated heterocycles. The van der Waals surface area contributed by atoms with Crippen LogP contribution < -0.4 is 10.5 Å². The second-order valence-electron chi connectivity index (χ2n) is 2.98. The average molecular weight is 260 g/mol. The minimum absolute atomic E-state index is 0.455. The zero-order chi connectivity index (χ0) is 10.6. The van der Waals surface area contributed by atoms with Gasteiger partial charge >= 0.3 is 0 Å². The van der Waals surface area contributed by atoms with E-state index in [4.69, 9.17) is 10.5 Å². The first kappa shape index (κ1) is 11.5. The third-order valence-electron chi connectivity index (χ3n) is 1.99. The van der Waals surface area contributed by atoms with Crippen molar-refractivity contribution in [3.63, 3.8) is 0 Å². The molecule has 0 spiro atoms. The van der Waals surface area contributed by atoms with Crippen molar-refractivity contribution in [3.8, 4) is 5.75 Å². The van der Waals surface area contributed by atoms with E-state index < -0.39 is 6.10 Å². The number of rotatable bonds is 4. The maximum Gasteiger partial charge on any atom is 0.124 e. The molecule has 0 aliphatic carbocycles. The number of aliphatic hydroxyl groups excluding tert-OH is 1. The van der Waals surface area contributed by atoms with Gasteiger partial charge in [0, 0.05) is 10.0 Å². The van der Waals surface area contributed by atoms with Crippen molar-refractivity contribution in [1.29, 1.82) is 0 Å². The van der Waals surface area contributed by atoms with Gasteiger partial charge in [-0.2, -0.15) is 0 Å². The van der Waals surface area contributed by atoms with Crippen LogP contribution in [0.3, 0.4) is 0 Å². The minimum atomic E-state index is -0.563. The number of hydrogen-bond donors (Lipinski definition) is 2. The van der Waals surface area contributed by atoms with Crippen molar-refractivity contribution >= 4 is 15.9 Å². The lowest BCUT2D eigenvalue weighted by atomic mass is 10.1. The fourth-order valence-electron chi connectivity index (χ4n) is 1.28. The van der Waals surface area contributed by atoms with E-state index in [0.717, 1.165) is 10.0 Å². The molecule has 0 aromatic heterocycles. The maximum absolute atomic E-state index is 9.78. The Bertz CT molecular complexity index is 304. The van der Waals surface area contributed by atoms with E-state index in [1.807, 2.05) is 18.2 Å². The summed E-state index contributed by atoms with van der Waals surface area (Å²) in [5, 5.41) is 9.78. The molecule has 78 valence electrons. The largest absolute Gasteiger partial charge is 0.496 e. The van der Waals surface area contributed by atoms with Gasteiger partial charge in [0.2, 0.25) is 0 Å². The fourth-order valence-corrected chi connectivity index (χ4v) is 1.66. The molecule has 1 atom stereocenters. The highest BCUT2D eigenvalue weighted by atomic mass is 79.9. The number of nitrogens with two attached hydrogens (primary N) is 1. The number of hydrogen-bond acceptors (Lipinski definition) is 3. The van der Waals surface area contributed by atoms with Crippen LogP contribution in [0, 0.1) is 0 Å². The Morgan fingerprint density at radius 3 is 2.86 bits per heavy atom. The highest BCUT2D eigenvalue weighted by molar-refractivity contribution is 9.10. The van der Waals surface area contributed by atoms with Crippen LogP contribution in [0.2, 0.25) is 0 Å². The molecule has 0 fully saturated rings. The molecule has 1 aromatic rings. The summed E-state index contributed by atoms with van der Waals surface area (Å²) in [4.78, 5) is 0. The van der Waals surface area contributed by atoms with Crippen molar-refractivity contribution in [2.75, 3.05) is 13.7 Å². The van der Waals surface area contributed by atoms with Crippen LogP contribution in [0.25, 0.3) is 0 Å². The molecule has 0 unspecified atom stereocenters. The Labute approximate surface area is 92.0 Å². The quantitative estimate of drug-likeness (QED) is 0.868. The zero-order valence-corrected chi connectivity index (χ0v) is 9.62. The predicted molar refractivity (Wildman–Crippen MR) is 59.3 cm³/mol. The normalized spacial score (nSPS) is 12.6. The molecule has 3 N–H and O–H groups in total. The first-order valence-electron chi connectivity index (χ1n) is 4.40. The molecule has 14 heavy (non-hydrogen) atoms. The highest BCUT2D eigenvalue weighted by Gasteiger charge is 2.12. The van der Waals surface area contributed by atoms with Crippen LogP contribution in [0.5, 0.6) is 5.75 Å². The van der Waals surface area contributed by atoms with Crippen LogP contribution in [0.4, 0.5) is 0 Å². The lowest BCUT2D eigenvalue weighted by Crippen LogP contribution is -2.07. The van der Waals surface area contributed by atoms with Crippen LogP contribution in [-0.2, 0) is 0 Å². The van der Waals surface area contributed by atoms with Crippen molar-refractivity contribution in [2.45, 2.75) is 12.5 Å². The number of methoxy groups -OCH3 is 1. The second kappa shape index (κ2) is 5.34. The first-order valence-corrected chi connectivity index (χ1v) is 5.20. The highest BCUT2D eigenvalue weighted by Crippen LogP contribution is 2.29. The van der Waals surface area contributed by atoms with Gasteiger partial charge in [-0.25, -0.2) is 0 Å². The van der Waals surface area contributed by atoms with E-state index in [9.17, 15) is 5.11 Å².